The van der Waals surface area contributed by atoms with Crippen LogP contribution >= 0.6 is 0 Å². The molecular formula is C12H18N4O4. The number of rotatable bonds is 5. The van der Waals surface area contributed by atoms with E-state index in [1.165, 1.54) is 10.9 Å². The van der Waals surface area contributed by atoms with Gasteiger partial charge in [-0.1, -0.05) is 5.21 Å². The molecule has 0 aliphatic carbocycles. The van der Waals surface area contributed by atoms with Crippen molar-refractivity contribution in [2.75, 3.05) is 26.8 Å². The van der Waals surface area contributed by atoms with Gasteiger partial charge in [0.15, 0.2) is 5.69 Å². The Labute approximate surface area is 116 Å². The van der Waals surface area contributed by atoms with Gasteiger partial charge in [-0.25, -0.2) is 9.48 Å². The number of nitrogens with zero attached hydrogens (tertiary/aromatic N) is 4. The van der Waals surface area contributed by atoms with Crippen LogP contribution < -0.4 is 0 Å². The van der Waals surface area contributed by atoms with Crippen LogP contribution in [0.25, 0.3) is 0 Å². The molecule has 1 aromatic heterocycles. The molecule has 1 aromatic rings. The van der Waals surface area contributed by atoms with E-state index in [2.05, 4.69) is 10.3 Å². The fourth-order valence-corrected chi connectivity index (χ4v) is 2.15. The number of aromatic carboxylic acids is 1. The number of amides is 1. The minimum Gasteiger partial charge on any atom is -0.476 e. The molecule has 0 spiro atoms. The van der Waals surface area contributed by atoms with E-state index < -0.39 is 5.97 Å². The maximum Gasteiger partial charge on any atom is 0.358 e. The molecule has 1 amide bonds. The van der Waals surface area contributed by atoms with Crippen molar-refractivity contribution in [2.24, 2.45) is 5.92 Å². The number of carbonyl (C=O) groups excluding carboxylic acids is 1. The van der Waals surface area contributed by atoms with Crippen molar-refractivity contribution in [1.82, 2.24) is 19.9 Å². The summed E-state index contributed by atoms with van der Waals surface area (Å²) < 4.78 is 6.52. The number of hydrogen-bond acceptors (Lipinski definition) is 5. The highest BCUT2D eigenvalue weighted by atomic mass is 16.5. The van der Waals surface area contributed by atoms with Gasteiger partial charge >= 0.3 is 5.97 Å². The largest absolute Gasteiger partial charge is 0.476 e. The highest BCUT2D eigenvalue weighted by Crippen LogP contribution is 2.15. The Morgan fingerprint density at radius 1 is 1.50 bits per heavy atom. The van der Waals surface area contributed by atoms with Crippen molar-refractivity contribution in [3.8, 4) is 0 Å². The van der Waals surface area contributed by atoms with Crippen molar-refractivity contribution in [2.45, 2.75) is 19.4 Å². The lowest BCUT2D eigenvalue weighted by molar-refractivity contribution is -0.131. The van der Waals surface area contributed by atoms with Crippen molar-refractivity contribution >= 4 is 11.9 Å². The van der Waals surface area contributed by atoms with E-state index in [1.54, 1.807) is 11.9 Å². The van der Waals surface area contributed by atoms with Crippen LogP contribution in [0.1, 0.15) is 23.3 Å². The van der Waals surface area contributed by atoms with Crippen LogP contribution in [0.3, 0.4) is 0 Å². The van der Waals surface area contributed by atoms with Crippen LogP contribution in [0.15, 0.2) is 6.20 Å². The molecule has 1 saturated heterocycles. The van der Waals surface area contributed by atoms with Crippen LogP contribution in [-0.2, 0) is 16.1 Å². The van der Waals surface area contributed by atoms with Gasteiger partial charge in [0.2, 0.25) is 5.91 Å². The van der Waals surface area contributed by atoms with Crippen LogP contribution in [0.2, 0.25) is 0 Å². The molecule has 1 fully saturated rings. The number of aromatic nitrogens is 3. The standard InChI is InChI=1S/C12H18N4O4/c1-15(6-9-2-4-20-5-3-9)11(17)8-16-7-10(12(18)19)13-14-16/h7,9H,2-6,8H2,1H3,(H,18,19). The molecule has 2 heterocycles. The number of likely N-dealkylation sites (N-methyl/N-ethyl adjacent to an activating group) is 1. The van der Waals surface area contributed by atoms with Gasteiger partial charge in [-0.2, -0.15) is 0 Å². The molecule has 110 valence electrons. The summed E-state index contributed by atoms with van der Waals surface area (Å²) in [4.78, 5) is 24.3. The van der Waals surface area contributed by atoms with Crippen molar-refractivity contribution in [3.05, 3.63) is 11.9 Å². The normalized spacial score (nSPS) is 16.1. The van der Waals surface area contributed by atoms with E-state index in [4.69, 9.17) is 9.84 Å². The average molecular weight is 282 g/mol. The molecule has 1 aliphatic rings. The Balaban J connectivity index is 1.84. The Morgan fingerprint density at radius 2 is 2.20 bits per heavy atom. The fraction of sp³-hybridized carbons (Fsp3) is 0.667. The highest BCUT2D eigenvalue weighted by Gasteiger charge is 2.19. The van der Waals surface area contributed by atoms with Crippen molar-refractivity contribution < 1.29 is 19.4 Å². The molecule has 20 heavy (non-hydrogen) atoms. The predicted molar refractivity (Wildman–Crippen MR) is 68.2 cm³/mol. The lowest BCUT2D eigenvalue weighted by Crippen LogP contribution is -2.36. The SMILES string of the molecule is CN(CC1CCOCC1)C(=O)Cn1cc(C(=O)O)nn1. The van der Waals surface area contributed by atoms with E-state index in [-0.39, 0.29) is 18.1 Å². The second-order valence-corrected chi connectivity index (χ2v) is 4.94. The predicted octanol–water partition coefficient (Wildman–Crippen LogP) is -0.139. The molecule has 1 N–H and O–H groups in total. The van der Waals surface area contributed by atoms with Gasteiger partial charge in [0, 0.05) is 26.8 Å². The number of carboxylic acid groups (broad SMARTS) is 1. The number of carboxylic acids is 1. The summed E-state index contributed by atoms with van der Waals surface area (Å²) in [6.07, 6.45) is 3.18. The van der Waals surface area contributed by atoms with Gasteiger partial charge in [0.1, 0.15) is 6.54 Å². The molecule has 0 aromatic carbocycles. The molecule has 0 unspecified atom stereocenters. The summed E-state index contributed by atoms with van der Waals surface area (Å²) in [5, 5.41) is 15.8. The fourth-order valence-electron chi connectivity index (χ4n) is 2.15. The summed E-state index contributed by atoms with van der Waals surface area (Å²) in [6.45, 7) is 2.18. The Bertz CT molecular complexity index is 482. The molecule has 8 heteroatoms. The Kier molecular flexibility index (Phi) is 4.67. The molecule has 0 saturated carbocycles. The van der Waals surface area contributed by atoms with E-state index in [1.807, 2.05) is 0 Å². The molecular weight excluding hydrogens is 264 g/mol. The third-order valence-electron chi connectivity index (χ3n) is 3.35. The van der Waals surface area contributed by atoms with E-state index in [0.29, 0.717) is 12.5 Å². The number of hydrogen-bond donors (Lipinski definition) is 1. The topological polar surface area (TPSA) is 97.5 Å². The minimum absolute atomic E-state index is 0.000000000000000222. The number of carbonyl (C=O) groups is 2. The van der Waals surface area contributed by atoms with Gasteiger partial charge in [-0.05, 0) is 18.8 Å². The monoisotopic (exact) mass is 282 g/mol. The minimum atomic E-state index is -1.15. The van der Waals surface area contributed by atoms with E-state index >= 15 is 0 Å². The van der Waals surface area contributed by atoms with Gasteiger partial charge in [0.25, 0.3) is 0 Å². The second-order valence-electron chi connectivity index (χ2n) is 4.94. The van der Waals surface area contributed by atoms with Crippen molar-refractivity contribution in [3.63, 3.8) is 0 Å². The maximum atomic E-state index is 12.0. The molecule has 0 radical (unpaired) electrons. The second kappa shape index (κ2) is 6.47. The first-order valence-electron chi connectivity index (χ1n) is 6.51. The molecule has 0 atom stereocenters. The first-order valence-corrected chi connectivity index (χ1v) is 6.51. The van der Waals surface area contributed by atoms with Gasteiger partial charge in [0.05, 0.1) is 6.20 Å². The quantitative estimate of drug-likeness (QED) is 0.807. The first kappa shape index (κ1) is 14.4. The van der Waals surface area contributed by atoms with Crippen LogP contribution in [0, 0.1) is 5.92 Å². The van der Waals surface area contributed by atoms with Crippen molar-refractivity contribution in [1.29, 1.82) is 0 Å². The zero-order valence-electron chi connectivity index (χ0n) is 11.4. The van der Waals surface area contributed by atoms with Crippen LogP contribution in [-0.4, -0.2) is 63.7 Å². The molecule has 1 aliphatic heterocycles. The lowest BCUT2D eigenvalue weighted by Gasteiger charge is -2.27. The number of ether oxygens (including phenoxy) is 1. The van der Waals surface area contributed by atoms with E-state index in [9.17, 15) is 9.59 Å². The molecule has 0 bridgehead atoms. The van der Waals surface area contributed by atoms with E-state index in [0.717, 1.165) is 26.1 Å². The van der Waals surface area contributed by atoms with Crippen LogP contribution in [0.5, 0.6) is 0 Å². The van der Waals surface area contributed by atoms with Gasteiger partial charge in [-0.15, -0.1) is 5.10 Å². The Morgan fingerprint density at radius 3 is 2.80 bits per heavy atom. The Hall–Kier alpha value is -1.96. The zero-order valence-corrected chi connectivity index (χ0v) is 11.4. The van der Waals surface area contributed by atoms with Gasteiger partial charge < -0.3 is 14.7 Å². The summed E-state index contributed by atoms with van der Waals surface area (Å²) >= 11 is 0. The summed E-state index contributed by atoms with van der Waals surface area (Å²) in [7, 11) is 1.74. The smallest absolute Gasteiger partial charge is 0.358 e. The summed E-state index contributed by atoms with van der Waals surface area (Å²) in [6, 6.07) is 0. The summed E-state index contributed by atoms with van der Waals surface area (Å²) in [5.41, 5.74) is -0.162. The maximum absolute atomic E-state index is 12.0. The molecule has 8 nitrogen and oxygen atoms in total. The summed E-state index contributed by atoms with van der Waals surface area (Å²) in [5.74, 6) is -0.805. The zero-order chi connectivity index (χ0) is 14.5. The average Bonchev–Trinajstić information content (AvgIpc) is 2.88. The van der Waals surface area contributed by atoms with Crippen LogP contribution in [0.4, 0.5) is 0 Å². The highest BCUT2D eigenvalue weighted by molar-refractivity contribution is 5.84. The van der Waals surface area contributed by atoms with Gasteiger partial charge in [-0.3, -0.25) is 4.79 Å². The lowest BCUT2D eigenvalue weighted by atomic mass is 10.00. The first-order chi connectivity index (χ1) is 9.56. The molecule has 2 rings (SSSR count). The third-order valence-corrected chi connectivity index (χ3v) is 3.35. The third kappa shape index (κ3) is 3.77.